The van der Waals surface area contributed by atoms with Crippen molar-refractivity contribution in [1.82, 2.24) is 20.2 Å². The van der Waals surface area contributed by atoms with Crippen LogP contribution in [0.25, 0.3) is 0 Å². The molecule has 0 spiro atoms. The normalized spacial score (nSPS) is 19.3. The Kier molecular flexibility index (Phi) is 4.50. The van der Waals surface area contributed by atoms with E-state index in [1.165, 1.54) is 0 Å². The fourth-order valence-electron chi connectivity index (χ4n) is 2.59. The number of piperidine rings is 1. The minimum absolute atomic E-state index is 0.0295. The standard InChI is InChI=1S/C14H22N4O3/c1-14(2,12(19)20)10-4-3-7-18(9-10)13(21)17-8-11-15-5-6-16-11/h5-6,10H,3-4,7-9H2,1-2H3,(H,15,16)(H,17,21)(H,19,20). The minimum Gasteiger partial charge on any atom is -0.481 e. The molecule has 1 aromatic rings. The number of carbonyl (C=O) groups excluding carboxylic acids is 1. The second-order valence-corrected chi connectivity index (χ2v) is 6.01. The van der Waals surface area contributed by atoms with E-state index in [0.717, 1.165) is 12.8 Å². The first-order valence-corrected chi connectivity index (χ1v) is 7.15. The van der Waals surface area contributed by atoms with Gasteiger partial charge >= 0.3 is 12.0 Å². The van der Waals surface area contributed by atoms with Gasteiger partial charge < -0.3 is 20.3 Å². The van der Waals surface area contributed by atoms with Crippen LogP contribution >= 0.6 is 0 Å². The number of carbonyl (C=O) groups is 2. The molecule has 1 aromatic heterocycles. The molecule has 2 rings (SSSR count). The molecule has 7 nitrogen and oxygen atoms in total. The lowest BCUT2D eigenvalue weighted by Crippen LogP contribution is -2.49. The lowest BCUT2D eigenvalue weighted by atomic mass is 9.74. The molecular formula is C14H22N4O3. The molecule has 1 aliphatic rings. The molecule has 21 heavy (non-hydrogen) atoms. The number of nitrogens with one attached hydrogen (secondary N) is 2. The highest BCUT2D eigenvalue weighted by Gasteiger charge is 2.39. The van der Waals surface area contributed by atoms with Crippen molar-refractivity contribution in [1.29, 1.82) is 0 Å². The van der Waals surface area contributed by atoms with Crippen molar-refractivity contribution in [2.24, 2.45) is 11.3 Å². The van der Waals surface area contributed by atoms with Gasteiger partial charge in [0, 0.05) is 25.5 Å². The lowest BCUT2D eigenvalue weighted by molar-refractivity contribution is -0.151. The monoisotopic (exact) mass is 294 g/mol. The van der Waals surface area contributed by atoms with Crippen LogP contribution in [0.2, 0.25) is 0 Å². The average molecular weight is 294 g/mol. The highest BCUT2D eigenvalue weighted by atomic mass is 16.4. The van der Waals surface area contributed by atoms with Crippen LogP contribution in [-0.2, 0) is 11.3 Å². The quantitative estimate of drug-likeness (QED) is 0.782. The number of hydrogen-bond acceptors (Lipinski definition) is 3. The maximum Gasteiger partial charge on any atom is 0.317 e. The number of rotatable bonds is 4. The zero-order chi connectivity index (χ0) is 15.5. The number of hydrogen-bond donors (Lipinski definition) is 3. The minimum atomic E-state index is -0.819. The van der Waals surface area contributed by atoms with E-state index < -0.39 is 11.4 Å². The number of H-pyrrole nitrogens is 1. The van der Waals surface area contributed by atoms with Gasteiger partial charge in [0.1, 0.15) is 5.82 Å². The van der Waals surface area contributed by atoms with E-state index in [-0.39, 0.29) is 11.9 Å². The van der Waals surface area contributed by atoms with Crippen molar-refractivity contribution in [3.05, 3.63) is 18.2 Å². The van der Waals surface area contributed by atoms with Gasteiger partial charge in [0.15, 0.2) is 0 Å². The average Bonchev–Trinajstić information content (AvgIpc) is 2.98. The summed E-state index contributed by atoms with van der Waals surface area (Å²) < 4.78 is 0. The Hall–Kier alpha value is -2.05. The van der Waals surface area contributed by atoms with Crippen LogP contribution < -0.4 is 5.32 Å². The molecule has 0 bridgehead atoms. The number of carboxylic acids is 1. The topological polar surface area (TPSA) is 98.3 Å². The van der Waals surface area contributed by atoms with Crippen LogP contribution in [0.4, 0.5) is 4.79 Å². The number of imidazole rings is 1. The van der Waals surface area contributed by atoms with Gasteiger partial charge in [-0.05, 0) is 32.6 Å². The highest BCUT2D eigenvalue weighted by Crippen LogP contribution is 2.34. The number of aromatic amines is 1. The molecule has 1 atom stereocenters. The second-order valence-electron chi connectivity index (χ2n) is 6.01. The van der Waals surface area contributed by atoms with Crippen LogP contribution in [0.15, 0.2) is 12.4 Å². The van der Waals surface area contributed by atoms with E-state index in [0.29, 0.717) is 25.5 Å². The Balaban J connectivity index is 1.91. The number of amides is 2. The third-order valence-corrected chi connectivity index (χ3v) is 4.24. The molecule has 116 valence electrons. The van der Waals surface area contributed by atoms with Gasteiger partial charge in [0.25, 0.3) is 0 Å². The number of aromatic nitrogens is 2. The van der Waals surface area contributed by atoms with Crippen LogP contribution in [0.1, 0.15) is 32.5 Å². The van der Waals surface area contributed by atoms with Crippen molar-refractivity contribution in [3.63, 3.8) is 0 Å². The summed E-state index contributed by atoms with van der Waals surface area (Å²) >= 11 is 0. The number of nitrogens with zero attached hydrogens (tertiary/aromatic N) is 2. The van der Waals surface area contributed by atoms with Gasteiger partial charge in [-0.25, -0.2) is 9.78 Å². The molecular weight excluding hydrogens is 272 g/mol. The van der Waals surface area contributed by atoms with Gasteiger partial charge in [0.2, 0.25) is 0 Å². The van der Waals surface area contributed by atoms with Crippen LogP contribution in [0, 0.1) is 11.3 Å². The predicted molar refractivity (Wildman–Crippen MR) is 76.5 cm³/mol. The summed E-state index contributed by atoms with van der Waals surface area (Å²) in [5.41, 5.74) is -0.819. The third kappa shape index (κ3) is 3.53. The van der Waals surface area contributed by atoms with Crippen LogP contribution in [0.3, 0.4) is 0 Å². The Labute approximate surface area is 123 Å². The first-order valence-electron chi connectivity index (χ1n) is 7.15. The number of urea groups is 1. The fourth-order valence-corrected chi connectivity index (χ4v) is 2.59. The molecule has 0 saturated carbocycles. The van der Waals surface area contributed by atoms with E-state index >= 15 is 0 Å². The smallest absolute Gasteiger partial charge is 0.317 e. The molecule has 3 N–H and O–H groups in total. The van der Waals surface area contributed by atoms with Crippen molar-refractivity contribution in [2.75, 3.05) is 13.1 Å². The van der Waals surface area contributed by atoms with Gasteiger partial charge in [-0.15, -0.1) is 0 Å². The molecule has 1 saturated heterocycles. The maximum absolute atomic E-state index is 12.2. The summed E-state index contributed by atoms with van der Waals surface area (Å²) in [6.45, 7) is 4.93. The largest absolute Gasteiger partial charge is 0.481 e. The number of carboxylic acid groups (broad SMARTS) is 1. The van der Waals surface area contributed by atoms with E-state index in [1.807, 2.05) is 0 Å². The Morgan fingerprint density at radius 2 is 2.33 bits per heavy atom. The predicted octanol–water partition coefficient (Wildman–Crippen LogP) is 1.44. The molecule has 0 aromatic carbocycles. The van der Waals surface area contributed by atoms with E-state index in [1.54, 1.807) is 31.1 Å². The van der Waals surface area contributed by atoms with Crippen molar-refractivity contribution >= 4 is 12.0 Å². The van der Waals surface area contributed by atoms with E-state index in [2.05, 4.69) is 15.3 Å². The lowest BCUT2D eigenvalue weighted by Gasteiger charge is -2.39. The summed E-state index contributed by atoms with van der Waals surface area (Å²) in [7, 11) is 0. The van der Waals surface area contributed by atoms with Crippen molar-refractivity contribution < 1.29 is 14.7 Å². The fraction of sp³-hybridized carbons (Fsp3) is 0.643. The summed E-state index contributed by atoms with van der Waals surface area (Å²) in [5, 5.41) is 12.1. The van der Waals surface area contributed by atoms with Gasteiger partial charge in [-0.1, -0.05) is 0 Å². The summed E-state index contributed by atoms with van der Waals surface area (Å²) in [6, 6.07) is -0.169. The van der Waals surface area contributed by atoms with Gasteiger partial charge in [0.05, 0.1) is 12.0 Å². The molecule has 0 radical (unpaired) electrons. The van der Waals surface area contributed by atoms with Crippen LogP contribution in [-0.4, -0.2) is 45.1 Å². The first kappa shape index (κ1) is 15.3. The highest BCUT2D eigenvalue weighted by molar-refractivity contribution is 5.76. The summed E-state index contributed by atoms with van der Waals surface area (Å²) in [5.74, 6) is -0.147. The Bertz CT molecular complexity index is 498. The third-order valence-electron chi connectivity index (χ3n) is 4.24. The maximum atomic E-state index is 12.2. The van der Waals surface area contributed by atoms with E-state index in [4.69, 9.17) is 0 Å². The Morgan fingerprint density at radius 1 is 1.57 bits per heavy atom. The molecule has 1 aliphatic heterocycles. The van der Waals surface area contributed by atoms with Crippen molar-refractivity contribution in [3.8, 4) is 0 Å². The van der Waals surface area contributed by atoms with E-state index in [9.17, 15) is 14.7 Å². The zero-order valence-corrected chi connectivity index (χ0v) is 12.4. The molecule has 2 heterocycles. The molecule has 1 unspecified atom stereocenters. The van der Waals surface area contributed by atoms with Crippen molar-refractivity contribution in [2.45, 2.75) is 33.2 Å². The summed E-state index contributed by atoms with van der Waals surface area (Å²) in [6.07, 6.45) is 5.00. The molecule has 7 heteroatoms. The second kappa shape index (κ2) is 6.15. The van der Waals surface area contributed by atoms with Gasteiger partial charge in [-0.2, -0.15) is 0 Å². The molecule has 0 aliphatic carbocycles. The number of aliphatic carboxylic acids is 1. The summed E-state index contributed by atoms with van der Waals surface area (Å²) in [4.78, 5) is 32.2. The Morgan fingerprint density at radius 3 is 2.95 bits per heavy atom. The molecule has 2 amide bonds. The SMILES string of the molecule is CC(C)(C(=O)O)C1CCCN(C(=O)NCc2ncc[nH]2)C1. The van der Waals surface area contributed by atoms with Crippen LogP contribution in [0.5, 0.6) is 0 Å². The van der Waals surface area contributed by atoms with Gasteiger partial charge in [-0.3, -0.25) is 4.79 Å². The number of likely N-dealkylation sites (tertiary alicyclic amines) is 1. The zero-order valence-electron chi connectivity index (χ0n) is 12.4. The first-order chi connectivity index (χ1) is 9.91. The molecule has 1 fully saturated rings.